The zero-order chi connectivity index (χ0) is 21.5. The number of hydrogen-bond acceptors (Lipinski definition) is 4. The fourth-order valence-electron chi connectivity index (χ4n) is 3.31. The van der Waals surface area contributed by atoms with E-state index in [9.17, 15) is 4.79 Å². The molecule has 2 aromatic carbocycles. The van der Waals surface area contributed by atoms with Crippen LogP contribution in [0.1, 0.15) is 21.7 Å². The van der Waals surface area contributed by atoms with E-state index in [2.05, 4.69) is 43.8 Å². The van der Waals surface area contributed by atoms with Crippen molar-refractivity contribution in [1.82, 2.24) is 19.5 Å². The summed E-state index contributed by atoms with van der Waals surface area (Å²) in [5.74, 6) is 0.997. The maximum Gasteiger partial charge on any atom is 0.258 e. The Bertz CT molecular complexity index is 1250. The van der Waals surface area contributed by atoms with Crippen LogP contribution in [-0.2, 0) is 12.2 Å². The lowest BCUT2D eigenvalue weighted by Crippen LogP contribution is -2.27. The molecule has 0 radical (unpaired) electrons. The van der Waals surface area contributed by atoms with E-state index < -0.39 is 0 Å². The first kappa shape index (κ1) is 19.9. The Balaban J connectivity index is 1.60. The number of carbonyl (C=O) groups is 1. The van der Waals surface area contributed by atoms with E-state index in [0.717, 1.165) is 28.0 Å². The van der Waals surface area contributed by atoms with Crippen LogP contribution >= 0.6 is 0 Å². The van der Waals surface area contributed by atoms with Crippen LogP contribution in [-0.4, -0.2) is 49.0 Å². The van der Waals surface area contributed by atoms with Gasteiger partial charge in [0.15, 0.2) is 0 Å². The molecular weight excluding hydrogens is 371 g/mol. The quantitative estimate of drug-likeness (QED) is 0.516. The molecule has 1 amide bonds. The van der Waals surface area contributed by atoms with Gasteiger partial charge >= 0.3 is 0 Å². The number of aromatic nitrogens is 4. The van der Waals surface area contributed by atoms with E-state index in [1.807, 2.05) is 67.2 Å². The maximum atomic E-state index is 12.6. The third-order valence-electron chi connectivity index (χ3n) is 5.34. The molecule has 30 heavy (non-hydrogen) atoms. The summed E-state index contributed by atoms with van der Waals surface area (Å²) in [5.41, 5.74) is 4.54. The number of aryl methyl sites for hydroxylation is 1. The Kier molecular flexibility index (Phi) is 4.98. The predicted molar refractivity (Wildman–Crippen MR) is 128 cm³/mol. The second-order valence-electron chi connectivity index (χ2n) is 8.50. The highest BCUT2D eigenvalue weighted by Gasteiger charge is 2.15. The molecule has 9 heteroatoms. The summed E-state index contributed by atoms with van der Waals surface area (Å²) in [6, 6.07) is 13.6. The first-order valence-electron chi connectivity index (χ1n) is 9.90. The minimum Gasteiger partial charge on any atom is -0.331 e. The van der Waals surface area contributed by atoms with Gasteiger partial charge in [-0.3, -0.25) is 10.1 Å². The Labute approximate surface area is 178 Å². The number of benzene rings is 2. The number of rotatable bonds is 4. The molecule has 0 saturated carbocycles. The van der Waals surface area contributed by atoms with Crippen molar-refractivity contribution in [3.63, 3.8) is 0 Å². The summed E-state index contributed by atoms with van der Waals surface area (Å²) in [4.78, 5) is 25.8. The first-order valence-corrected chi connectivity index (χ1v) is 9.90. The third-order valence-corrected chi connectivity index (χ3v) is 5.34. The molecule has 0 aliphatic carbocycles. The molecule has 0 aliphatic heterocycles. The highest BCUT2D eigenvalue weighted by atomic mass is 16.1. The predicted octanol–water partition coefficient (Wildman–Crippen LogP) is 0.601. The molecule has 0 unspecified atom stereocenters. The highest BCUT2D eigenvalue weighted by molar-refractivity contribution is 6.58. The van der Waals surface area contributed by atoms with Crippen LogP contribution in [0.3, 0.4) is 0 Å². The standard InChI is InChI=1S/C21H22B3N5O/c1-12-25-11-18(29(12)2)14-3-4-15-10-26-20(27-17(15)9-14)28-19(30)13-5-7-16(8-6-13)21(22,23)24/h3-11H,22-24H2,1-2H3,(H,26,27,28,30). The van der Waals surface area contributed by atoms with Crippen molar-refractivity contribution in [3.05, 3.63) is 71.8 Å². The number of amides is 1. The first-order chi connectivity index (χ1) is 14.2. The van der Waals surface area contributed by atoms with E-state index in [4.69, 9.17) is 0 Å². The molecule has 0 bridgehead atoms. The van der Waals surface area contributed by atoms with E-state index in [1.165, 1.54) is 5.56 Å². The Morgan fingerprint density at radius 2 is 1.77 bits per heavy atom. The van der Waals surface area contributed by atoms with Crippen molar-refractivity contribution in [1.29, 1.82) is 0 Å². The van der Waals surface area contributed by atoms with E-state index >= 15 is 0 Å². The monoisotopic (exact) mass is 393 g/mol. The molecule has 4 rings (SSSR count). The van der Waals surface area contributed by atoms with Gasteiger partial charge in [0.25, 0.3) is 5.91 Å². The van der Waals surface area contributed by atoms with E-state index in [0.29, 0.717) is 5.56 Å². The van der Waals surface area contributed by atoms with Crippen LogP contribution < -0.4 is 5.32 Å². The lowest BCUT2D eigenvalue weighted by Gasteiger charge is -2.18. The summed E-state index contributed by atoms with van der Waals surface area (Å²) < 4.78 is 2.03. The van der Waals surface area contributed by atoms with Crippen LogP contribution in [0, 0.1) is 6.92 Å². The van der Waals surface area contributed by atoms with Crippen LogP contribution in [0.4, 0.5) is 5.95 Å². The molecule has 2 aromatic heterocycles. The summed E-state index contributed by atoms with van der Waals surface area (Å²) in [6.45, 7) is 1.97. The normalized spacial score (nSPS) is 11.5. The van der Waals surface area contributed by atoms with Gasteiger partial charge in [-0.1, -0.05) is 34.9 Å². The highest BCUT2D eigenvalue weighted by Crippen LogP contribution is 2.24. The zero-order valence-corrected chi connectivity index (χ0v) is 17.9. The van der Waals surface area contributed by atoms with Crippen molar-refractivity contribution in [3.8, 4) is 11.3 Å². The minimum absolute atomic E-state index is 0.0422. The summed E-state index contributed by atoms with van der Waals surface area (Å²) in [6.07, 6.45) is 3.57. The number of nitrogens with one attached hydrogen (secondary N) is 1. The molecule has 2 heterocycles. The average Bonchev–Trinajstić information content (AvgIpc) is 3.05. The Morgan fingerprint density at radius 3 is 2.40 bits per heavy atom. The molecule has 146 valence electrons. The molecule has 0 saturated heterocycles. The number of nitrogens with zero attached hydrogens (tertiary/aromatic N) is 4. The van der Waals surface area contributed by atoms with Crippen molar-refractivity contribution >= 4 is 46.3 Å². The van der Waals surface area contributed by atoms with Gasteiger partial charge < -0.3 is 4.57 Å². The number of hydrogen-bond donors (Lipinski definition) is 1. The van der Waals surface area contributed by atoms with Crippen LogP contribution in [0.2, 0.25) is 0 Å². The van der Waals surface area contributed by atoms with Gasteiger partial charge in [-0.25, -0.2) is 15.0 Å². The van der Waals surface area contributed by atoms with E-state index in [-0.39, 0.29) is 17.0 Å². The number of carbonyl (C=O) groups excluding carboxylic acids is 1. The molecule has 0 aliphatic rings. The smallest absolute Gasteiger partial charge is 0.258 e. The second kappa shape index (κ2) is 7.48. The van der Waals surface area contributed by atoms with Crippen molar-refractivity contribution < 1.29 is 4.79 Å². The Hall–Kier alpha value is -3.35. The largest absolute Gasteiger partial charge is 0.331 e. The molecular formula is C21H22B3N5O. The topological polar surface area (TPSA) is 72.7 Å². The Morgan fingerprint density at radius 1 is 1.03 bits per heavy atom. The van der Waals surface area contributed by atoms with E-state index in [1.54, 1.807) is 6.20 Å². The van der Waals surface area contributed by atoms with Gasteiger partial charge in [-0.05, 0) is 25.1 Å². The molecule has 4 aromatic rings. The van der Waals surface area contributed by atoms with Gasteiger partial charge in [0, 0.05) is 29.8 Å². The molecule has 0 spiro atoms. The van der Waals surface area contributed by atoms with Crippen molar-refractivity contribution in [2.75, 3.05) is 5.32 Å². The molecule has 1 N–H and O–H groups in total. The van der Waals surface area contributed by atoms with Gasteiger partial charge in [-0.15, -0.1) is 0 Å². The van der Waals surface area contributed by atoms with Gasteiger partial charge in [0.2, 0.25) is 5.95 Å². The SMILES string of the molecule is BC(B)(B)c1ccc(C(=O)Nc2ncc3ccc(-c4cnc(C)n4C)cc3n2)cc1. The second-order valence-corrected chi connectivity index (χ2v) is 8.50. The molecule has 0 atom stereocenters. The van der Waals surface area contributed by atoms with Crippen LogP contribution in [0.5, 0.6) is 0 Å². The van der Waals surface area contributed by atoms with Crippen LogP contribution in [0.15, 0.2) is 54.9 Å². The van der Waals surface area contributed by atoms with Crippen LogP contribution in [0.25, 0.3) is 22.2 Å². The molecule has 0 fully saturated rings. The minimum atomic E-state index is -0.228. The lowest BCUT2D eigenvalue weighted by molar-refractivity contribution is 0.102. The van der Waals surface area contributed by atoms with Crippen molar-refractivity contribution in [2.24, 2.45) is 7.05 Å². The summed E-state index contributed by atoms with van der Waals surface area (Å²) >= 11 is 0. The van der Waals surface area contributed by atoms with Gasteiger partial charge in [-0.2, -0.15) is 0 Å². The number of anilines is 1. The van der Waals surface area contributed by atoms with Gasteiger partial charge in [0.1, 0.15) is 5.82 Å². The zero-order valence-electron chi connectivity index (χ0n) is 17.9. The summed E-state index contributed by atoms with van der Waals surface area (Å²) in [7, 11) is 8.42. The fourth-order valence-corrected chi connectivity index (χ4v) is 3.31. The fraction of sp³-hybridized carbons (Fsp3) is 0.143. The van der Waals surface area contributed by atoms with Crippen molar-refractivity contribution in [2.45, 2.75) is 12.0 Å². The maximum absolute atomic E-state index is 12.6. The van der Waals surface area contributed by atoms with Gasteiger partial charge in [0.05, 0.1) is 40.9 Å². The molecule has 6 nitrogen and oxygen atoms in total. The number of fused-ring (bicyclic) bond motifs is 1. The summed E-state index contributed by atoms with van der Waals surface area (Å²) in [5, 5.41) is 3.75. The number of imidazole rings is 1. The third kappa shape index (κ3) is 3.88. The lowest BCUT2D eigenvalue weighted by atomic mass is 9.40. The average molecular weight is 393 g/mol.